The topological polar surface area (TPSA) is 59.9 Å². The van der Waals surface area contributed by atoms with Gasteiger partial charge in [0.1, 0.15) is 17.9 Å². The van der Waals surface area contributed by atoms with Crippen molar-refractivity contribution in [1.29, 1.82) is 0 Å². The SMILES string of the molecule is COc1ccccc1CNc1ccc2c(C=Cc3cncnc3)cccc2n1. The molecule has 5 nitrogen and oxygen atoms in total. The Kier molecular flexibility index (Phi) is 5.24. The van der Waals surface area contributed by atoms with Crippen LogP contribution in [-0.4, -0.2) is 22.1 Å². The highest BCUT2D eigenvalue weighted by molar-refractivity contribution is 5.91. The average Bonchev–Trinajstić information content (AvgIpc) is 2.77. The fourth-order valence-corrected chi connectivity index (χ4v) is 3.04. The molecule has 0 aliphatic rings. The van der Waals surface area contributed by atoms with Gasteiger partial charge in [0, 0.05) is 35.5 Å². The monoisotopic (exact) mass is 368 g/mol. The van der Waals surface area contributed by atoms with Crippen LogP contribution in [0.25, 0.3) is 23.1 Å². The normalized spacial score (nSPS) is 11.0. The van der Waals surface area contributed by atoms with E-state index in [1.807, 2.05) is 48.5 Å². The number of aromatic nitrogens is 3. The quantitative estimate of drug-likeness (QED) is 0.529. The van der Waals surface area contributed by atoms with Crippen LogP contribution in [0.2, 0.25) is 0 Å². The van der Waals surface area contributed by atoms with Crippen molar-refractivity contribution in [2.24, 2.45) is 0 Å². The van der Waals surface area contributed by atoms with Gasteiger partial charge in [0.05, 0.1) is 12.6 Å². The predicted octanol–water partition coefficient (Wildman–Crippen LogP) is 4.82. The predicted molar refractivity (Wildman–Crippen MR) is 113 cm³/mol. The lowest BCUT2D eigenvalue weighted by atomic mass is 10.1. The van der Waals surface area contributed by atoms with Crippen molar-refractivity contribution in [3.8, 4) is 5.75 Å². The van der Waals surface area contributed by atoms with Gasteiger partial charge < -0.3 is 10.1 Å². The van der Waals surface area contributed by atoms with E-state index in [0.717, 1.165) is 39.2 Å². The van der Waals surface area contributed by atoms with Crippen LogP contribution in [0.5, 0.6) is 5.75 Å². The van der Waals surface area contributed by atoms with E-state index in [1.54, 1.807) is 19.5 Å². The molecule has 2 aromatic heterocycles. The van der Waals surface area contributed by atoms with Crippen LogP contribution >= 0.6 is 0 Å². The van der Waals surface area contributed by atoms with Gasteiger partial charge in [-0.05, 0) is 29.8 Å². The van der Waals surface area contributed by atoms with Gasteiger partial charge >= 0.3 is 0 Å². The molecule has 4 rings (SSSR count). The number of nitrogens with zero attached hydrogens (tertiary/aromatic N) is 3. The van der Waals surface area contributed by atoms with E-state index >= 15 is 0 Å². The third kappa shape index (κ3) is 3.99. The first kappa shape index (κ1) is 17.7. The molecule has 0 unspecified atom stereocenters. The van der Waals surface area contributed by atoms with Gasteiger partial charge in [-0.25, -0.2) is 15.0 Å². The van der Waals surface area contributed by atoms with Crippen molar-refractivity contribution in [3.05, 3.63) is 90.0 Å². The Balaban J connectivity index is 1.56. The maximum atomic E-state index is 5.41. The van der Waals surface area contributed by atoms with E-state index in [1.165, 1.54) is 6.33 Å². The zero-order valence-corrected chi connectivity index (χ0v) is 15.5. The molecule has 4 aromatic rings. The molecular weight excluding hydrogens is 348 g/mol. The first-order valence-corrected chi connectivity index (χ1v) is 9.02. The third-order valence-electron chi connectivity index (χ3n) is 4.45. The lowest BCUT2D eigenvalue weighted by molar-refractivity contribution is 0.410. The molecule has 0 radical (unpaired) electrons. The lowest BCUT2D eigenvalue weighted by Gasteiger charge is -2.11. The largest absolute Gasteiger partial charge is 0.496 e. The van der Waals surface area contributed by atoms with Crippen molar-refractivity contribution in [2.45, 2.75) is 6.54 Å². The highest BCUT2D eigenvalue weighted by Gasteiger charge is 2.04. The highest BCUT2D eigenvalue weighted by atomic mass is 16.5. The second-order valence-electron chi connectivity index (χ2n) is 6.28. The summed E-state index contributed by atoms with van der Waals surface area (Å²) in [6.45, 7) is 0.649. The van der Waals surface area contributed by atoms with Crippen molar-refractivity contribution in [2.75, 3.05) is 12.4 Å². The summed E-state index contributed by atoms with van der Waals surface area (Å²) in [6, 6.07) is 18.2. The molecule has 0 saturated heterocycles. The second kappa shape index (κ2) is 8.31. The van der Waals surface area contributed by atoms with Crippen molar-refractivity contribution in [1.82, 2.24) is 15.0 Å². The fraction of sp³-hybridized carbons (Fsp3) is 0.0870. The Morgan fingerprint density at radius 2 is 1.79 bits per heavy atom. The van der Waals surface area contributed by atoms with Crippen molar-refractivity contribution < 1.29 is 4.74 Å². The summed E-state index contributed by atoms with van der Waals surface area (Å²) in [4.78, 5) is 12.8. The second-order valence-corrected chi connectivity index (χ2v) is 6.28. The van der Waals surface area contributed by atoms with Crippen LogP contribution < -0.4 is 10.1 Å². The first-order chi connectivity index (χ1) is 13.8. The van der Waals surface area contributed by atoms with Crippen molar-refractivity contribution in [3.63, 3.8) is 0 Å². The standard InChI is InChI=1S/C23H20N4O/c1-28-22-8-3-2-5-19(22)15-26-23-12-11-20-18(6-4-7-21(20)27-23)10-9-17-13-24-16-25-14-17/h2-14,16H,15H2,1H3,(H,26,27). The average molecular weight is 368 g/mol. The number of methoxy groups -OCH3 is 1. The number of nitrogens with one attached hydrogen (secondary N) is 1. The number of hydrogen-bond acceptors (Lipinski definition) is 5. The van der Waals surface area contributed by atoms with Gasteiger partial charge in [0.25, 0.3) is 0 Å². The Morgan fingerprint density at radius 1 is 0.929 bits per heavy atom. The summed E-state index contributed by atoms with van der Waals surface area (Å²) in [5, 5.41) is 4.48. The molecule has 138 valence electrons. The molecule has 0 atom stereocenters. The molecule has 5 heteroatoms. The summed E-state index contributed by atoms with van der Waals surface area (Å²) >= 11 is 0. The molecule has 0 saturated carbocycles. The summed E-state index contributed by atoms with van der Waals surface area (Å²) in [6.07, 6.45) is 9.16. The Labute approximate surface area is 163 Å². The summed E-state index contributed by atoms with van der Waals surface area (Å²) in [5.41, 5.74) is 4.10. The van der Waals surface area contributed by atoms with E-state index < -0.39 is 0 Å². The van der Waals surface area contributed by atoms with Gasteiger partial charge in [-0.15, -0.1) is 0 Å². The van der Waals surface area contributed by atoms with Gasteiger partial charge in [0.15, 0.2) is 0 Å². The number of ether oxygens (including phenoxy) is 1. The maximum Gasteiger partial charge on any atom is 0.126 e. The van der Waals surface area contributed by atoms with E-state index in [2.05, 4.69) is 33.5 Å². The van der Waals surface area contributed by atoms with Gasteiger partial charge in [-0.3, -0.25) is 0 Å². The smallest absolute Gasteiger partial charge is 0.126 e. The van der Waals surface area contributed by atoms with Gasteiger partial charge in [-0.2, -0.15) is 0 Å². The number of anilines is 1. The number of para-hydroxylation sites is 1. The molecule has 0 aliphatic carbocycles. The molecule has 0 amide bonds. The molecule has 28 heavy (non-hydrogen) atoms. The zero-order valence-electron chi connectivity index (χ0n) is 15.5. The number of fused-ring (bicyclic) bond motifs is 1. The van der Waals surface area contributed by atoms with E-state index in [-0.39, 0.29) is 0 Å². The third-order valence-corrected chi connectivity index (χ3v) is 4.45. The number of pyridine rings is 1. The number of rotatable bonds is 6. The van der Waals surface area contributed by atoms with Crippen LogP contribution in [0.3, 0.4) is 0 Å². The first-order valence-electron chi connectivity index (χ1n) is 9.02. The Morgan fingerprint density at radius 3 is 2.64 bits per heavy atom. The fourth-order valence-electron chi connectivity index (χ4n) is 3.04. The van der Waals surface area contributed by atoms with Gasteiger partial charge in [-0.1, -0.05) is 42.5 Å². The maximum absolute atomic E-state index is 5.41. The molecule has 0 spiro atoms. The minimum atomic E-state index is 0.649. The van der Waals surface area contributed by atoms with Crippen LogP contribution in [0.4, 0.5) is 5.82 Å². The van der Waals surface area contributed by atoms with E-state index in [4.69, 9.17) is 9.72 Å². The highest BCUT2D eigenvalue weighted by Crippen LogP contribution is 2.23. The van der Waals surface area contributed by atoms with Crippen LogP contribution in [0.1, 0.15) is 16.7 Å². The summed E-state index contributed by atoms with van der Waals surface area (Å²) in [7, 11) is 1.68. The number of benzene rings is 2. The molecule has 2 heterocycles. The summed E-state index contributed by atoms with van der Waals surface area (Å²) < 4.78 is 5.41. The number of hydrogen-bond donors (Lipinski definition) is 1. The summed E-state index contributed by atoms with van der Waals surface area (Å²) in [5.74, 6) is 1.70. The Bertz CT molecular complexity index is 1110. The molecular formula is C23H20N4O. The molecule has 2 aromatic carbocycles. The van der Waals surface area contributed by atoms with Crippen LogP contribution in [-0.2, 0) is 6.54 Å². The lowest BCUT2D eigenvalue weighted by Crippen LogP contribution is -2.03. The van der Waals surface area contributed by atoms with E-state index in [0.29, 0.717) is 6.54 Å². The zero-order chi connectivity index (χ0) is 19.2. The molecule has 0 fully saturated rings. The van der Waals surface area contributed by atoms with Crippen LogP contribution in [0.15, 0.2) is 73.3 Å². The minimum Gasteiger partial charge on any atom is -0.496 e. The van der Waals surface area contributed by atoms with Crippen LogP contribution in [0, 0.1) is 0 Å². The van der Waals surface area contributed by atoms with Crippen molar-refractivity contribution >= 4 is 28.9 Å². The molecule has 0 aliphatic heterocycles. The Hall–Kier alpha value is -3.73. The molecule has 0 bridgehead atoms. The van der Waals surface area contributed by atoms with Gasteiger partial charge in [0.2, 0.25) is 0 Å². The molecule has 1 N–H and O–H groups in total. The van der Waals surface area contributed by atoms with E-state index in [9.17, 15) is 0 Å². The minimum absolute atomic E-state index is 0.649.